The Bertz CT molecular complexity index is 1890. The van der Waals surface area contributed by atoms with Crippen LogP contribution in [0, 0.1) is 41.2 Å². The second kappa shape index (κ2) is 8.93. The van der Waals surface area contributed by atoms with E-state index in [0.29, 0.717) is 28.7 Å². The highest BCUT2D eigenvalue weighted by Gasteiger charge is 2.17. The molecule has 5 nitrogen and oxygen atoms in total. The number of rotatable bonds is 3. The second-order valence-corrected chi connectivity index (χ2v) is 9.92. The van der Waals surface area contributed by atoms with Gasteiger partial charge in [-0.25, -0.2) is 19.8 Å². The lowest BCUT2D eigenvalue weighted by molar-refractivity contribution is 0.929. The Labute approximate surface area is 222 Å². The highest BCUT2D eigenvalue weighted by atomic mass is 15.0. The fourth-order valence-electron chi connectivity index (χ4n) is 5.72. The van der Waals surface area contributed by atoms with Gasteiger partial charge in [-0.1, -0.05) is 54.1 Å². The predicted octanol–water partition coefficient (Wildman–Crippen LogP) is 8.40. The van der Waals surface area contributed by atoms with Gasteiger partial charge in [0.1, 0.15) is 11.6 Å². The molecule has 0 fully saturated rings. The standard InChI is InChI=1S/C33H27N5/c1-19-15-20(2)32(21(3)16-19)24-11-13-27-26-9-7-8-10-30(26)38(31(27)17-24)25-12-14-29(34-6)28(18-25)33-36-22(4)35-23(5)37-33/h7-18H,1-5H3. The van der Waals surface area contributed by atoms with Crippen LogP contribution < -0.4 is 0 Å². The summed E-state index contributed by atoms with van der Waals surface area (Å²) in [6, 6.07) is 25.6. The molecule has 0 aliphatic heterocycles. The summed E-state index contributed by atoms with van der Waals surface area (Å²) in [5.41, 5.74) is 10.7. The molecule has 184 valence electrons. The van der Waals surface area contributed by atoms with Crippen molar-refractivity contribution in [2.45, 2.75) is 34.6 Å². The first-order valence-corrected chi connectivity index (χ1v) is 12.7. The summed E-state index contributed by atoms with van der Waals surface area (Å²) in [6.07, 6.45) is 0. The fourth-order valence-corrected chi connectivity index (χ4v) is 5.72. The van der Waals surface area contributed by atoms with Crippen molar-refractivity contribution >= 4 is 27.5 Å². The van der Waals surface area contributed by atoms with E-state index in [0.717, 1.165) is 16.7 Å². The van der Waals surface area contributed by atoms with Gasteiger partial charge < -0.3 is 4.57 Å². The van der Waals surface area contributed by atoms with Crippen molar-refractivity contribution in [1.82, 2.24) is 19.5 Å². The van der Waals surface area contributed by atoms with Crippen molar-refractivity contribution < 1.29 is 0 Å². The van der Waals surface area contributed by atoms with Crippen molar-refractivity contribution in [3.05, 3.63) is 113 Å². The Morgan fingerprint density at radius 3 is 2.08 bits per heavy atom. The third-order valence-corrected chi connectivity index (χ3v) is 7.10. The molecule has 4 aromatic carbocycles. The first-order chi connectivity index (χ1) is 18.3. The van der Waals surface area contributed by atoms with E-state index >= 15 is 0 Å². The van der Waals surface area contributed by atoms with Gasteiger partial charge in [-0.2, -0.15) is 0 Å². The van der Waals surface area contributed by atoms with E-state index in [1.54, 1.807) is 0 Å². The smallest absolute Gasteiger partial charge is 0.198 e. The summed E-state index contributed by atoms with van der Waals surface area (Å²) in [4.78, 5) is 17.2. The maximum absolute atomic E-state index is 7.77. The van der Waals surface area contributed by atoms with Crippen LogP contribution in [0.4, 0.5) is 5.69 Å². The average molecular weight is 494 g/mol. The molecule has 0 N–H and O–H groups in total. The zero-order valence-electron chi connectivity index (χ0n) is 22.2. The molecule has 0 unspecified atom stereocenters. The van der Waals surface area contributed by atoms with E-state index < -0.39 is 0 Å². The highest BCUT2D eigenvalue weighted by Crippen LogP contribution is 2.38. The molecule has 6 aromatic rings. The Balaban J connectivity index is 1.65. The first-order valence-electron chi connectivity index (χ1n) is 12.7. The summed E-state index contributed by atoms with van der Waals surface area (Å²) >= 11 is 0. The van der Waals surface area contributed by atoms with E-state index in [4.69, 9.17) is 6.57 Å². The topological polar surface area (TPSA) is 48.0 Å². The van der Waals surface area contributed by atoms with Crippen molar-refractivity contribution in [3.63, 3.8) is 0 Å². The number of fused-ring (bicyclic) bond motifs is 3. The molecule has 0 aliphatic rings. The molecule has 2 aromatic heterocycles. The first kappa shape index (κ1) is 23.6. The molecule has 0 aliphatic carbocycles. The van der Waals surface area contributed by atoms with Crippen molar-refractivity contribution in [2.75, 3.05) is 0 Å². The predicted molar refractivity (Wildman–Crippen MR) is 155 cm³/mol. The van der Waals surface area contributed by atoms with Gasteiger partial charge in [0.15, 0.2) is 11.5 Å². The molecule has 0 atom stereocenters. The Morgan fingerprint density at radius 2 is 1.37 bits per heavy atom. The summed E-state index contributed by atoms with van der Waals surface area (Å²) in [6.45, 7) is 18.0. The number of hydrogen-bond acceptors (Lipinski definition) is 3. The number of nitrogens with zero attached hydrogens (tertiary/aromatic N) is 5. The minimum Gasteiger partial charge on any atom is -0.309 e. The van der Waals surface area contributed by atoms with Gasteiger partial charge in [-0.3, -0.25) is 0 Å². The lowest BCUT2D eigenvalue weighted by Crippen LogP contribution is -2.00. The quantitative estimate of drug-likeness (QED) is 0.233. The fraction of sp³-hybridized carbons (Fsp3) is 0.152. The van der Waals surface area contributed by atoms with Gasteiger partial charge in [0.05, 0.1) is 17.6 Å². The largest absolute Gasteiger partial charge is 0.309 e. The summed E-state index contributed by atoms with van der Waals surface area (Å²) in [5.74, 6) is 1.80. The average Bonchev–Trinajstić information content (AvgIpc) is 3.21. The van der Waals surface area contributed by atoms with Crippen LogP contribution in [0.3, 0.4) is 0 Å². The third-order valence-electron chi connectivity index (χ3n) is 7.10. The van der Waals surface area contributed by atoms with Crippen LogP contribution in [0.1, 0.15) is 28.3 Å². The Kier molecular flexibility index (Phi) is 5.54. The SMILES string of the molecule is [C-]#[N+]c1ccc(-n2c3ccccc3c3ccc(-c4c(C)cc(C)cc4C)cc32)cc1-c1nc(C)nc(C)n1. The van der Waals surface area contributed by atoms with Crippen LogP contribution in [0.5, 0.6) is 0 Å². The van der Waals surface area contributed by atoms with Crippen molar-refractivity contribution in [1.29, 1.82) is 0 Å². The van der Waals surface area contributed by atoms with E-state index in [-0.39, 0.29) is 0 Å². The number of aryl methyl sites for hydroxylation is 5. The summed E-state index contributed by atoms with van der Waals surface area (Å²) in [5, 5.41) is 2.38. The summed E-state index contributed by atoms with van der Waals surface area (Å²) < 4.78 is 2.28. The van der Waals surface area contributed by atoms with Crippen molar-refractivity contribution in [2.24, 2.45) is 0 Å². The van der Waals surface area contributed by atoms with E-state index in [1.807, 2.05) is 32.0 Å². The molecule has 0 bridgehead atoms. The van der Waals surface area contributed by atoms with Crippen molar-refractivity contribution in [3.8, 4) is 28.2 Å². The lowest BCUT2D eigenvalue weighted by Gasteiger charge is -2.14. The van der Waals surface area contributed by atoms with Crippen LogP contribution in [0.25, 0.3) is 54.9 Å². The highest BCUT2D eigenvalue weighted by molar-refractivity contribution is 6.10. The number of benzene rings is 4. The number of hydrogen-bond donors (Lipinski definition) is 0. The molecule has 0 saturated heterocycles. The zero-order valence-corrected chi connectivity index (χ0v) is 22.2. The molecule has 0 spiro atoms. The van der Waals surface area contributed by atoms with Gasteiger partial charge in [-0.05, 0) is 81.1 Å². The third kappa shape index (κ3) is 3.82. The van der Waals surface area contributed by atoms with Gasteiger partial charge in [-0.15, -0.1) is 0 Å². The molecule has 6 rings (SSSR count). The normalized spacial score (nSPS) is 11.3. The van der Waals surface area contributed by atoms with Gasteiger partial charge >= 0.3 is 0 Å². The molecular formula is C33H27N5. The maximum atomic E-state index is 7.77. The van der Waals surface area contributed by atoms with Crippen LogP contribution in [0.15, 0.2) is 72.8 Å². The van der Waals surface area contributed by atoms with E-state index in [9.17, 15) is 0 Å². The monoisotopic (exact) mass is 493 g/mol. The van der Waals surface area contributed by atoms with Gasteiger partial charge in [0.25, 0.3) is 0 Å². The number of aromatic nitrogens is 4. The van der Waals surface area contributed by atoms with Crippen LogP contribution >= 0.6 is 0 Å². The minimum atomic E-state index is 0.520. The number of para-hydroxylation sites is 1. The lowest BCUT2D eigenvalue weighted by atomic mass is 9.93. The maximum Gasteiger partial charge on any atom is 0.198 e. The Hall–Kier alpha value is -4.82. The molecule has 0 amide bonds. The van der Waals surface area contributed by atoms with Crippen LogP contribution in [-0.2, 0) is 0 Å². The molecule has 0 radical (unpaired) electrons. The molecule has 2 heterocycles. The molecular weight excluding hydrogens is 466 g/mol. The molecule has 0 saturated carbocycles. The van der Waals surface area contributed by atoms with E-state index in [1.165, 1.54) is 38.6 Å². The van der Waals surface area contributed by atoms with Gasteiger partial charge in [0, 0.05) is 22.0 Å². The summed E-state index contributed by atoms with van der Waals surface area (Å²) in [7, 11) is 0. The molecule has 5 heteroatoms. The van der Waals surface area contributed by atoms with Gasteiger partial charge in [0.2, 0.25) is 0 Å². The molecule has 38 heavy (non-hydrogen) atoms. The minimum absolute atomic E-state index is 0.520. The zero-order chi connectivity index (χ0) is 26.6. The van der Waals surface area contributed by atoms with Crippen LogP contribution in [-0.4, -0.2) is 19.5 Å². The Morgan fingerprint density at radius 1 is 0.684 bits per heavy atom. The second-order valence-electron chi connectivity index (χ2n) is 9.92. The van der Waals surface area contributed by atoms with Crippen LogP contribution in [0.2, 0.25) is 0 Å². The van der Waals surface area contributed by atoms with E-state index in [2.05, 4.69) is 99.7 Å².